The zero-order chi connectivity index (χ0) is 24.1. The van der Waals surface area contributed by atoms with Crippen molar-refractivity contribution in [3.05, 3.63) is 65.5 Å². The van der Waals surface area contributed by atoms with E-state index < -0.39 is 0 Å². The molecule has 34 heavy (non-hydrogen) atoms. The fraction of sp³-hybridized carbons (Fsp3) is 0.280. The SMILES string of the molecule is CN(C)CCCNC(=O)/C=C/C(=O)Nc1ccc2ncnc(N3CCc4ccc(Cl)cc43)c2c1. The van der Waals surface area contributed by atoms with E-state index in [-0.39, 0.29) is 11.8 Å². The maximum Gasteiger partial charge on any atom is 0.248 e. The van der Waals surface area contributed by atoms with E-state index in [1.165, 1.54) is 17.7 Å². The number of rotatable bonds is 8. The van der Waals surface area contributed by atoms with Crippen molar-refractivity contribution >= 4 is 51.5 Å². The molecule has 8 nitrogen and oxygen atoms in total. The zero-order valence-electron chi connectivity index (χ0n) is 19.2. The Morgan fingerprint density at radius 2 is 1.94 bits per heavy atom. The Kier molecular flexibility index (Phi) is 7.40. The Balaban J connectivity index is 1.46. The number of benzene rings is 2. The molecular formula is C25H27ClN6O2. The van der Waals surface area contributed by atoms with Gasteiger partial charge in [-0.05, 0) is 69.4 Å². The summed E-state index contributed by atoms with van der Waals surface area (Å²) in [6.45, 7) is 2.22. The van der Waals surface area contributed by atoms with E-state index in [4.69, 9.17) is 11.6 Å². The van der Waals surface area contributed by atoms with Crippen LogP contribution in [0.4, 0.5) is 17.2 Å². The Morgan fingerprint density at radius 3 is 2.76 bits per heavy atom. The van der Waals surface area contributed by atoms with Gasteiger partial charge in [0.2, 0.25) is 11.8 Å². The van der Waals surface area contributed by atoms with Crippen LogP contribution in [0.3, 0.4) is 0 Å². The number of hydrogen-bond acceptors (Lipinski definition) is 6. The van der Waals surface area contributed by atoms with Crippen molar-refractivity contribution in [2.24, 2.45) is 0 Å². The van der Waals surface area contributed by atoms with Crippen molar-refractivity contribution in [3.63, 3.8) is 0 Å². The molecule has 3 aromatic rings. The van der Waals surface area contributed by atoms with Gasteiger partial charge in [0.15, 0.2) is 0 Å². The molecule has 9 heteroatoms. The van der Waals surface area contributed by atoms with Gasteiger partial charge in [0.25, 0.3) is 0 Å². The first-order valence-corrected chi connectivity index (χ1v) is 11.5. The van der Waals surface area contributed by atoms with Gasteiger partial charge in [-0.15, -0.1) is 0 Å². The average Bonchev–Trinajstić information content (AvgIpc) is 3.23. The van der Waals surface area contributed by atoms with E-state index in [0.717, 1.165) is 48.3 Å². The van der Waals surface area contributed by atoms with Crippen LogP contribution in [0.1, 0.15) is 12.0 Å². The number of carbonyl (C=O) groups is 2. The van der Waals surface area contributed by atoms with Crippen molar-refractivity contribution < 1.29 is 9.59 Å². The van der Waals surface area contributed by atoms with Gasteiger partial charge in [0.1, 0.15) is 12.1 Å². The second-order valence-electron chi connectivity index (χ2n) is 8.37. The molecule has 2 aromatic carbocycles. The summed E-state index contributed by atoms with van der Waals surface area (Å²) in [4.78, 5) is 37.4. The Bertz CT molecular complexity index is 1240. The van der Waals surface area contributed by atoms with Crippen LogP contribution in [0.2, 0.25) is 5.02 Å². The van der Waals surface area contributed by atoms with Gasteiger partial charge in [0.05, 0.1) is 5.52 Å². The van der Waals surface area contributed by atoms with Crippen LogP contribution in [-0.2, 0) is 16.0 Å². The lowest BCUT2D eigenvalue weighted by atomic mass is 10.1. The van der Waals surface area contributed by atoms with E-state index in [1.54, 1.807) is 12.4 Å². The lowest BCUT2D eigenvalue weighted by Gasteiger charge is -2.20. The lowest BCUT2D eigenvalue weighted by Crippen LogP contribution is -2.25. The van der Waals surface area contributed by atoms with Gasteiger partial charge in [0, 0.05) is 47.0 Å². The van der Waals surface area contributed by atoms with Crippen molar-refractivity contribution in [3.8, 4) is 0 Å². The van der Waals surface area contributed by atoms with Crippen LogP contribution < -0.4 is 15.5 Å². The molecule has 176 valence electrons. The van der Waals surface area contributed by atoms with Crippen LogP contribution in [-0.4, -0.2) is 60.4 Å². The molecule has 0 spiro atoms. The van der Waals surface area contributed by atoms with Gasteiger partial charge in [-0.1, -0.05) is 17.7 Å². The summed E-state index contributed by atoms with van der Waals surface area (Å²) in [7, 11) is 3.96. The van der Waals surface area contributed by atoms with Gasteiger partial charge in [-0.3, -0.25) is 9.59 Å². The van der Waals surface area contributed by atoms with Crippen LogP contribution in [0, 0.1) is 0 Å². The number of halogens is 1. The molecule has 0 bridgehead atoms. The zero-order valence-corrected chi connectivity index (χ0v) is 20.0. The Labute approximate surface area is 203 Å². The molecule has 1 aliphatic rings. The first kappa shape index (κ1) is 23.7. The maximum atomic E-state index is 12.4. The first-order valence-electron chi connectivity index (χ1n) is 11.1. The summed E-state index contributed by atoms with van der Waals surface area (Å²) < 4.78 is 0. The number of carbonyl (C=O) groups excluding carboxylic acids is 2. The molecule has 0 aliphatic carbocycles. The number of nitrogens with one attached hydrogen (secondary N) is 2. The summed E-state index contributed by atoms with van der Waals surface area (Å²) in [5.74, 6) is 0.0729. The van der Waals surface area contributed by atoms with Crippen molar-refractivity contribution in [2.75, 3.05) is 43.9 Å². The van der Waals surface area contributed by atoms with Gasteiger partial charge < -0.3 is 20.4 Å². The van der Waals surface area contributed by atoms with Crippen LogP contribution in [0.5, 0.6) is 0 Å². The molecule has 0 radical (unpaired) electrons. The van der Waals surface area contributed by atoms with Gasteiger partial charge in [-0.25, -0.2) is 9.97 Å². The monoisotopic (exact) mass is 478 g/mol. The lowest BCUT2D eigenvalue weighted by molar-refractivity contribution is -0.117. The van der Waals surface area contributed by atoms with Crippen LogP contribution in [0.15, 0.2) is 54.9 Å². The summed E-state index contributed by atoms with van der Waals surface area (Å²) in [6.07, 6.45) is 5.75. The predicted octanol–water partition coefficient (Wildman–Crippen LogP) is 3.54. The van der Waals surface area contributed by atoms with Crippen molar-refractivity contribution in [1.29, 1.82) is 0 Å². The summed E-state index contributed by atoms with van der Waals surface area (Å²) in [5, 5.41) is 7.07. The molecular weight excluding hydrogens is 452 g/mol. The topological polar surface area (TPSA) is 90.5 Å². The highest BCUT2D eigenvalue weighted by Gasteiger charge is 2.23. The quantitative estimate of drug-likeness (QED) is 0.380. The van der Waals surface area contributed by atoms with Crippen LogP contribution >= 0.6 is 11.6 Å². The first-order chi connectivity index (χ1) is 16.4. The molecule has 2 heterocycles. The summed E-state index contributed by atoms with van der Waals surface area (Å²) >= 11 is 6.23. The molecule has 0 saturated carbocycles. The third-order valence-corrected chi connectivity index (χ3v) is 5.78. The van der Waals surface area contributed by atoms with E-state index >= 15 is 0 Å². The molecule has 0 atom stereocenters. The van der Waals surface area contributed by atoms with Gasteiger partial charge in [-0.2, -0.15) is 0 Å². The molecule has 0 unspecified atom stereocenters. The third kappa shape index (κ3) is 5.70. The number of fused-ring (bicyclic) bond motifs is 2. The second-order valence-corrected chi connectivity index (χ2v) is 8.81. The van der Waals surface area contributed by atoms with E-state index in [2.05, 4.69) is 25.5 Å². The van der Waals surface area contributed by atoms with E-state index in [9.17, 15) is 9.59 Å². The fourth-order valence-corrected chi connectivity index (χ4v) is 4.08. The van der Waals surface area contributed by atoms with E-state index in [0.29, 0.717) is 17.3 Å². The molecule has 0 saturated heterocycles. The molecule has 0 fully saturated rings. The minimum atomic E-state index is -0.389. The minimum absolute atomic E-state index is 0.297. The molecule has 4 rings (SSSR count). The highest BCUT2D eigenvalue weighted by atomic mass is 35.5. The van der Waals surface area contributed by atoms with Crippen molar-refractivity contribution in [2.45, 2.75) is 12.8 Å². The number of aromatic nitrogens is 2. The predicted molar refractivity (Wildman–Crippen MR) is 136 cm³/mol. The second kappa shape index (κ2) is 10.6. The Morgan fingerprint density at radius 1 is 1.12 bits per heavy atom. The maximum absolute atomic E-state index is 12.4. The smallest absolute Gasteiger partial charge is 0.248 e. The minimum Gasteiger partial charge on any atom is -0.353 e. The van der Waals surface area contributed by atoms with Gasteiger partial charge >= 0.3 is 0 Å². The largest absolute Gasteiger partial charge is 0.353 e. The summed E-state index contributed by atoms with van der Waals surface area (Å²) in [6, 6.07) is 11.3. The number of amides is 2. The number of nitrogens with zero attached hydrogens (tertiary/aromatic N) is 4. The third-order valence-electron chi connectivity index (χ3n) is 5.55. The molecule has 1 aliphatic heterocycles. The highest BCUT2D eigenvalue weighted by Crippen LogP contribution is 2.38. The summed E-state index contributed by atoms with van der Waals surface area (Å²) in [5.41, 5.74) is 3.61. The average molecular weight is 479 g/mol. The van der Waals surface area contributed by atoms with Crippen LogP contribution in [0.25, 0.3) is 10.9 Å². The highest BCUT2D eigenvalue weighted by molar-refractivity contribution is 6.31. The normalized spacial score (nSPS) is 13.0. The fourth-order valence-electron chi connectivity index (χ4n) is 3.91. The van der Waals surface area contributed by atoms with E-state index in [1.807, 2.05) is 49.3 Å². The Hall–Kier alpha value is -3.49. The molecule has 2 N–H and O–H groups in total. The molecule has 1 aromatic heterocycles. The van der Waals surface area contributed by atoms with Crippen molar-refractivity contribution in [1.82, 2.24) is 20.2 Å². The molecule has 2 amide bonds. The standard InChI is InChI=1S/C25H27ClN6O2/c1-31(2)12-3-11-27-23(33)8-9-24(34)30-19-6-7-21-20(15-19)25(29-16-28-21)32-13-10-17-4-5-18(26)14-22(17)32/h4-9,14-16H,3,10-13H2,1-2H3,(H,27,33)(H,30,34)/b9-8+. The number of hydrogen-bond donors (Lipinski definition) is 2. The number of anilines is 3.